The monoisotopic (exact) mass is 670 g/mol. The van der Waals surface area contributed by atoms with Crippen LogP contribution in [-0.2, 0) is 5.41 Å². The minimum absolute atomic E-state index is 0.0726. The SMILES string of the molecule is CC(C)(C)c1cccc2nc(-c3ccccc3)c(-c3ccc(N(c4ccccc4)c4ccc(-n5c6ccccc6c6ccccc65)cc4)cc3)nc12. The lowest BCUT2D eigenvalue weighted by Gasteiger charge is -2.26. The van der Waals surface area contributed by atoms with Crippen LogP contribution in [0, 0.1) is 0 Å². The molecular formula is C48H38N4. The Balaban J connectivity index is 1.15. The Morgan fingerprint density at radius 3 is 1.56 bits per heavy atom. The van der Waals surface area contributed by atoms with Crippen LogP contribution < -0.4 is 4.90 Å². The van der Waals surface area contributed by atoms with E-state index in [2.05, 4.69) is 200 Å². The lowest BCUT2D eigenvalue weighted by atomic mass is 9.86. The molecule has 0 aliphatic heterocycles. The Labute approximate surface area is 304 Å². The molecule has 52 heavy (non-hydrogen) atoms. The maximum absolute atomic E-state index is 5.38. The van der Waals surface area contributed by atoms with Gasteiger partial charge in [-0.15, -0.1) is 0 Å². The highest BCUT2D eigenvalue weighted by molar-refractivity contribution is 6.09. The van der Waals surface area contributed by atoms with Gasteiger partial charge in [-0.25, -0.2) is 9.97 Å². The fraction of sp³-hybridized carbons (Fsp3) is 0.0833. The first kappa shape index (κ1) is 31.5. The van der Waals surface area contributed by atoms with E-state index in [4.69, 9.17) is 9.97 Å². The van der Waals surface area contributed by atoms with Crippen molar-refractivity contribution in [1.82, 2.24) is 14.5 Å². The molecule has 2 aromatic heterocycles. The molecule has 0 spiro atoms. The molecule has 4 heteroatoms. The van der Waals surface area contributed by atoms with E-state index in [-0.39, 0.29) is 5.41 Å². The third-order valence-electron chi connectivity index (χ3n) is 9.91. The van der Waals surface area contributed by atoms with E-state index in [1.165, 1.54) is 27.4 Å². The van der Waals surface area contributed by atoms with Gasteiger partial charge in [0.25, 0.3) is 0 Å². The van der Waals surface area contributed by atoms with Crippen molar-refractivity contribution >= 4 is 49.9 Å². The maximum Gasteiger partial charge on any atom is 0.0973 e. The molecular weight excluding hydrogens is 633 g/mol. The molecule has 0 radical (unpaired) electrons. The number of benzene rings is 7. The number of hydrogen-bond acceptors (Lipinski definition) is 3. The Morgan fingerprint density at radius 1 is 0.442 bits per heavy atom. The first-order valence-electron chi connectivity index (χ1n) is 17.8. The highest BCUT2D eigenvalue weighted by Crippen LogP contribution is 2.39. The normalized spacial score (nSPS) is 11.8. The van der Waals surface area contributed by atoms with Crippen molar-refractivity contribution in [3.05, 3.63) is 181 Å². The van der Waals surface area contributed by atoms with Gasteiger partial charge < -0.3 is 9.47 Å². The average Bonchev–Trinajstić information content (AvgIpc) is 3.53. The van der Waals surface area contributed by atoms with E-state index in [1.54, 1.807) is 0 Å². The molecule has 4 nitrogen and oxygen atoms in total. The summed E-state index contributed by atoms with van der Waals surface area (Å²) in [5.41, 5.74) is 13.6. The molecule has 7 aromatic carbocycles. The van der Waals surface area contributed by atoms with Crippen LogP contribution in [0.15, 0.2) is 176 Å². The summed E-state index contributed by atoms with van der Waals surface area (Å²) in [4.78, 5) is 12.9. The molecule has 250 valence electrons. The van der Waals surface area contributed by atoms with Gasteiger partial charge in [-0.1, -0.05) is 130 Å². The summed E-state index contributed by atoms with van der Waals surface area (Å²) in [6.45, 7) is 6.70. The minimum atomic E-state index is -0.0726. The molecule has 0 saturated carbocycles. The number of anilines is 3. The Hall–Kier alpha value is -6.52. The second-order valence-corrected chi connectivity index (χ2v) is 14.3. The number of nitrogens with zero attached hydrogens (tertiary/aromatic N) is 4. The van der Waals surface area contributed by atoms with Crippen molar-refractivity contribution in [2.24, 2.45) is 0 Å². The Kier molecular flexibility index (Phi) is 7.66. The summed E-state index contributed by atoms with van der Waals surface area (Å²) in [6.07, 6.45) is 0. The van der Waals surface area contributed by atoms with E-state index >= 15 is 0 Å². The highest BCUT2D eigenvalue weighted by Gasteiger charge is 2.22. The van der Waals surface area contributed by atoms with E-state index in [0.717, 1.165) is 56.3 Å². The molecule has 0 atom stereocenters. The maximum atomic E-state index is 5.38. The molecule has 2 heterocycles. The van der Waals surface area contributed by atoms with Gasteiger partial charge in [-0.05, 0) is 77.7 Å². The van der Waals surface area contributed by atoms with Crippen LogP contribution in [0.1, 0.15) is 26.3 Å². The first-order valence-corrected chi connectivity index (χ1v) is 17.8. The topological polar surface area (TPSA) is 34.0 Å². The van der Waals surface area contributed by atoms with Crippen molar-refractivity contribution in [2.45, 2.75) is 26.2 Å². The van der Waals surface area contributed by atoms with E-state index in [0.29, 0.717) is 0 Å². The van der Waals surface area contributed by atoms with Gasteiger partial charge in [-0.2, -0.15) is 0 Å². The standard InChI is InChI=1S/C48H38N4/c1-48(2,3)41-21-14-22-42-47(41)50-46(45(49-42)33-15-6-4-7-16-33)34-25-27-36(28-26-34)51(35-17-8-5-9-18-35)37-29-31-38(32-30-37)52-43-23-12-10-19-39(43)40-20-11-13-24-44(40)52/h4-32H,1-3H3. The predicted molar refractivity (Wildman–Crippen MR) is 218 cm³/mol. The van der Waals surface area contributed by atoms with Crippen molar-refractivity contribution in [1.29, 1.82) is 0 Å². The Morgan fingerprint density at radius 2 is 0.942 bits per heavy atom. The largest absolute Gasteiger partial charge is 0.311 e. The molecule has 9 aromatic rings. The van der Waals surface area contributed by atoms with Crippen molar-refractivity contribution in [2.75, 3.05) is 4.90 Å². The van der Waals surface area contributed by atoms with Gasteiger partial charge in [0, 0.05) is 44.6 Å². The predicted octanol–water partition coefficient (Wildman–Crippen LogP) is 12.8. The first-order chi connectivity index (χ1) is 25.4. The zero-order valence-corrected chi connectivity index (χ0v) is 29.5. The van der Waals surface area contributed by atoms with Gasteiger partial charge in [0.2, 0.25) is 0 Å². The number of fused-ring (bicyclic) bond motifs is 4. The number of hydrogen-bond donors (Lipinski definition) is 0. The molecule has 0 N–H and O–H groups in total. The number of aromatic nitrogens is 3. The van der Waals surface area contributed by atoms with Crippen LogP contribution in [0.25, 0.3) is 61.0 Å². The Bertz CT molecular complexity index is 2630. The van der Waals surface area contributed by atoms with Crippen molar-refractivity contribution < 1.29 is 0 Å². The molecule has 0 fully saturated rings. The third-order valence-corrected chi connectivity index (χ3v) is 9.91. The smallest absolute Gasteiger partial charge is 0.0973 e. The van der Waals surface area contributed by atoms with E-state index in [1.807, 2.05) is 6.07 Å². The summed E-state index contributed by atoms with van der Waals surface area (Å²) < 4.78 is 2.36. The van der Waals surface area contributed by atoms with Crippen LogP contribution >= 0.6 is 0 Å². The molecule has 0 saturated heterocycles. The fourth-order valence-electron chi connectivity index (χ4n) is 7.43. The molecule has 0 unspecified atom stereocenters. The zero-order valence-electron chi connectivity index (χ0n) is 29.5. The third kappa shape index (κ3) is 5.50. The van der Waals surface area contributed by atoms with Crippen LogP contribution in [-0.4, -0.2) is 14.5 Å². The molecule has 0 aliphatic carbocycles. The van der Waals surface area contributed by atoms with Gasteiger partial charge in [-0.3, -0.25) is 0 Å². The number of rotatable bonds is 6. The van der Waals surface area contributed by atoms with E-state index in [9.17, 15) is 0 Å². The lowest BCUT2D eigenvalue weighted by Crippen LogP contribution is -2.13. The lowest BCUT2D eigenvalue weighted by molar-refractivity contribution is 0.594. The van der Waals surface area contributed by atoms with Gasteiger partial charge in [0.15, 0.2) is 0 Å². The second-order valence-electron chi connectivity index (χ2n) is 14.3. The van der Waals surface area contributed by atoms with Crippen molar-refractivity contribution in [3.63, 3.8) is 0 Å². The highest BCUT2D eigenvalue weighted by atomic mass is 15.1. The second kappa shape index (κ2) is 12.7. The summed E-state index contributed by atoms with van der Waals surface area (Å²) in [5, 5.41) is 2.52. The summed E-state index contributed by atoms with van der Waals surface area (Å²) in [6, 6.07) is 62.2. The summed E-state index contributed by atoms with van der Waals surface area (Å²) in [7, 11) is 0. The van der Waals surface area contributed by atoms with E-state index < -0.39 is 0 Å². The molecule has 0 aliphatic rings. The molecule has 0 amide bonds. The van der Waals surface area contributed by atoms with Gasteiger partial charge >= 0.3 is 0 Å². The number of para-hydroxylation sites is 4. The van der Waals surface area contributed by atoms with Crippen LogP contribution in [0.5, 0.6) is 0 Å². The van der Waals surface area contributed by atoms with Crippen LogP contribution in [0.2, 0.25) is 0 Å². The fourth-order valence-corrected chi connectivity index (χ4v) is 7.43. The van der Waals surface area contributed by atoms with Gasteiger partial charge in [0.1, 0.15) is 0 Å². The summed E-state index contributed by atoms with van der Waals surface area (Å²) in [5.74, 6) is 0. The summed E-state index contributed by atoms with van der Waals surface area (Å²) >= 11 is 0. The molecule has 9 rings (SSSR count). The zero-order chi connectivity index (χ0) is 35.2. The van der Waals surface area contributed by atoms with Crippen LogP contribution in [0.3, 0.4) is 0 Å². The van der Waals surface area contributed by atoms with Crippen molar-refractivity contribution in [3.8, 4) is 28.2 Å². The van der Waals surface area contributed by atoms with Crippen LogP contribution in [0.4, 0.5) is 17.1 Å². The quantitative estimate of drug-likeness (QED) is 0.177. The van der Waals surface area contributed by atoms with Gasteiger partial charge in [0.05, 0.1) is 33.5 Å². The minimum Gasteiger partial charge on any atom is -0.311 e. The average molecular weight is 671 g/mol. The molecule has 0 bridgehead atoms.